The van der Waals surface area contributed by atoms with E-state index >= 15 is 0 Å². The monoisotopic (exact) mass is 331 g/mol. The van der Waals surface area contributed by atoms with E-state index in [1.54, 1.807) is 24.3 Å². The lowest BCUT2D eigenvalue weighted by Gasteiger charge is -2.12. The largest absolute Gasteiger partial charge is 0.457 e. The van der Waals surface area contributed by atoms with Gasteiger partial charge in [-0.2, -0.15) is 0 Å². The summed E-state index contributed by atoms with van der Waals surface area (Å²) in [4.78, 5) is 12.5. The zero-order chi connectivity index (χ0) is 17.8. The SMILES string of the molecule is Cc1ccc(Oc2ccc(C(=O)Nc3c(C)cccc3C)cc2)cc1. The number of carbonyl (C=O) groups is 1. The molecule has 0 aliphatic carbocycles. The number of ether oxygens (including phenoxy) is 1. The van der Waals surface area contributed by atoms with Crippen LogP contribution in [0.1, 0.15) is 27.0 Å². The Bertz CT molecular complexity index is 861. The average Bonchev–Trinajstić information content (AvgIpc) is 2.61. The second kappa shape index (κ2) is 7.22. The number of benzene rings is 3. The van der Waals surface area contributed by atoms with Gasteiger partial charge in [0.15, 0.2) is 0 Å². The molecule has 0 spiro atoms. The summed E-state index contributed by atoms with van der Waals surface area (Å²) in [6.07, 6.45) is 0. The minimum absolute atomic E-state index is 0.126. The van der Waals surface area contributed by atoms with Crippen LogP contribution < -0.4 is 10.1 Å². The second-order valence-corrected chi connectivity index (χ2v) is 6.16. The third-order valence-corrected chi connectivity index (χ3v) is 4.09. The Hall–Kier alpha value is -3.07. The highest BCUT2D eigenvalue weighted by Crippen LogP contribution is 2.23. The van der Waals surface area contributed by atoms with Crippen LogP contribution in [0.15, 0.2) is 66.7 Å². The lowest BCUT2D eigenvalue weighted by Crippen LogP contribution is -2.13. The molecule has 3 aromatic carbocycles. The van der Waals surface area contributed by atoms with Gasteiger partial charge in [-0.1, -0.05) is 35.9 Å². The smallest absolute Gasteiger partial charge is 0.255 e. The van der Waals surface area contributed by atoms with Crippen molar-refractivity contribution in [2.45, 2.75) is 20.8 Å². The number of hydrogen-bond acceptors (Lipinski definition) is 2. The third kappa shape index (κ3) is 4.07. The van der Waals surface area contributed by atoms with Gasteiger partial charge >= 0.3 is 0 Å². The summed E-state index contributed by atoms with van der Waals surface area (Å²) in [5.74, 6) is 1.35. The molecule has 126 valence electrons. The second-order valence-electron chi connectivity index (χ2n) is 6.16. The molecule has 3 rings (SSSR count). The molecule has 0 aliphatic heterocycles. The lowest BCUT2D eigenvalue weighted by atomic mass is 10.1. The number of rotatable bonds is 4. The molecular formula is C22H21NO2. The number of anilines is 1. The van der Waals surface area contributed by atoms with Gasteiger partial charge in [0.25, 0.3) is 5.91 Å². The van der Waals surface area contributed by atoms with Crippen molar-refractivity contribution in [2.75, 3.05) is 5.32 Å². The van der Waals surface area contributed by atoms with Crippen LogP contribution in [0.25, 0.3) is 0 Å². The maximum Gasteiger partial charge on any atom is 0.255 e. The van der Waals surface area contributed by atoms with Crippen LogP contribution in [0.3, 0.4) is 0 Å². The molecule has 1 N–H and O–H groups in total. The van der Waals surface area contributed by atoms with Gasteiger partial charge in [0.1, 0.15) is 11.5 Å². The molecule has 0 saturated heterocycles. The predicted octanol–water partition coefficient (Wildman–Crippen LogP) is 5.66. The van der Waals surface area contributed by atoms with E-state index in [1.807, 2.05) is 63.2 Å². The Morgan fingerprint density at radius 3 is 1.84 bits per heavy atom. The first-order valence-corrected chi connectivity index (χ1v) is 8.25. The zero-order valence-electron chi connectivity index (χ0n) is 14.7. The summed E-state index contributed by atoms with van der Waals surface area (Å²) in [6.45, 7) is 6.01. The first kappa shape index (κ1) is 16.8. The molecule has 0 radical (unpaired) electrons. The van der Waals surface area contributed by atoms with Crippen molar-refractivity contribution in [3.8, 4) is 11.5 Å². The standard InChI is InChI=1S/C22H21NO2/c1-15-7-11-19(12-8-15)25-20-13-9-18(10-14-20)22(24)23-21-16(2)5-4-6-17(21)3/h4-14H,1-3H3,(H,23,24). The van der Waals surface area contributed by atoms with E-state index in [-0.39, 0.29) is 5.91 Å². The van der Waals surface area contributed by atoms with Gasteiger partial charge in [-0.15, -0.1) is 0 Å². The first-order chi connectivity index (χ1) is 12.0. The third-order valence-electron chi connectivity index (χ3n) is 4.09. The van der Waals surface area contributed by atoms with Crippen molar-refractivity contribution >= 4 is 11.6 Å². The molecule has 0 unspecified atom stereocenters. The molecule has 25 heavy (non-hydrogen) atoms. The molecule has 0 heterocycles. The molecule has 0 atom stereocenters. The molecule has 0 aromatic heterocycles. The fourth-order valence-corrected chi connectivity index (χ4v) is 2.61. The van der Waals surface area contributed by atoms with Crippen LogP contribution in [0, 0.1) is 20.8 Å². The molecule has 3 aromatic rings. The molecule has 3 heteroatoms. The van der Waals surface area contributed by atoms with Crippen LogP contribution >= 0.6 is 0 Å². The number of amides is 1. The van der Waals surface area contributed by atoms with E-state index in [0.29, 0.717) is 11.3 Å². The molecule has 0 aliphatic rings. The van der Waals surface area contributed by atoms with E-state index in [2.05, 4.69) is 5.32 Å². The van der Waals surface area contributed by atoms with E-state index in [9.17, 15) is 4.79 Å². The summed E-state index contributed by atoms with van der Waals surface area (Å²) in [6, 6.07) is 21.0. The Morgan fingerprint density at radius 1 is 0.760 bits per heavy atom. The van der Waals surface area contributed by atoms with Gasteiger partial charge < -0.3 is 10.1 Å². The maximum atomic E-state index is 12.5. The van der Waals surface area contributed by atoms with E-state index in [0.717, 1.165) is 22.6 Å². The van der Waals surface area contributed by atoms with E-state index in [4.69, 9.17) is 4.74 Å². The fourth-order valence-electron chi connectivity index (χ4n) is 2.61. The maximum absolute atomic E-state index is 12.5. The number of aryl methyl sites for hydroxylation is 3. The van der Waals surface area contributed by atoms with E-state index in [1.165, 1.54) is 5.56 Å². The van der Waals surface area contributed by atoms with Gasteiger partial charge in [0, 0.05) is 11.3 Å². The van der Waals surface area contributed by atoms with Gasteiger partial charge in [-0.05, 0) is 68.3 Å². The predicted molar refractivity (Wildman–Crippen MR) is 102 cm³/mol. The Kier molecular flexibility index (Phi) is 4.85. The Balaban J connectivity index is 1.71. The summed E-state index contributed by atoms with van der Waals surface area (Å²) in [5.41, 5.74) is 4.75. The van der Waals surface area contributed by atoms with Crippen LogP contribution in [0.5, 0.6) is 11.5 Å². The highest BCUT2D eigenvalue weighted by Gasteiger charge is 2.10. The topological polar surface area (TPSA) is 38.3 Å². The van der Waals surface area contributed by atoms with Gasteiger partial charge in [-0.25, -0.2) is 0 Å². The molecule has 3 nitrogen and oxygen atoms in total. The fraction of sp³-hybridized carbons (Fsp3) is 0.136. The number of hydrogen-bond donors (Lipinski definition) is 1. The number of para-hydroxylation sites is 1. The van der Waals surface area contributed by atoms with Gasteiger partial charge in [0.2, 0.25) is 0 Å². The normalized spacial score (nSPS) is 10.4. The Labute approximate surface area is 148 Å². The highest BCUT2D eigenvalue weighted by atomic mass is 16.5. The summed E-state index contributed by atoms with van der Waals surface area (Å²) in [7, 11) is 0. The summed E-state index contributed by atoms with van der Waals surface area (Å²) in [5, 5.41) is 2.99. The van der Waals surface area contributed by atoms with Crippen LogP contribution in [-0.4, -0.2) is 5.91 Å². The summed E-state index contributed by atoms with van der Waals surface area (Å²) >= 11 is 0. The van der Waals surface area contributed by atoms with E-state index < -0.39 is 0 Å². The van der Waals surface area contributed by atoms with Crippen LogP contribution in [0.2, 0.25) is 0 Å². The lowest BCUT2D eigenvalue weighted by molar-refractivity contribution is 0.102. The quantitative estimate of drug-likeness (QED) is 0.670. The molecule has 0 bridgehead atoms. The molecule has 0 fully saturated rings. The van der Waals surface area contributed by atoms with Crippen LogP contribution in [0.4, 0.5) is 5.69 Å². The minimum atomic E-state index is -0.126. The average molecular weight is 331 g/mol. The van der Waals surface area contributed by atoms with Crippen molar-refractivity contribution in [1.29, 1.82) is 0 Å². The van der Waals surface area contributed by atoms with Crippen molar-refractivity contribution < 1.29 is 9.53 Å². The first-order valence-electron chi connectivity index (χ1n) is 8.25. The van der Waals surface area contributed by atoms with Crippen molar-refractivity contribution in [3.63, 3.8) is 0 Å². The number of carbonyl (C=O) groups excluding carboxylic acids is 1. The number of nitrogens with one attached hydrogen (secondary N) is 1. The van der Waals surface area contributed by atoms with Crippen molar-refractivity contribution in [3.05, 3.63) is 89.0 Å². The molecule has 0 saturated carbocycles. The molecule has 1 amide bonds. The summed E-state index contributed by atoms with van der Waals surface area (Å²) < 4.78 is 5.79. The van der Waals surface area contributed by atoms with Crippen molar-refractivity contribution in [2.24, 2.45) is 0 Å². The zero-order valence-corrected chi connectivity index (χ0v) is 14.7. The highest BCUT2D eigenvalue weighted by molar-refractivity contribution is 6.05. The van der Waals surface area contributed by atoms with Gasteiger partial charge in [0.05, 0.1) is 0 Å². The minimum Gasteiger partial charge on any atom is -0.457 e. The van der Waals surface area contributed by atoms with Gasteiger partial charge in [-0.3, -0.25) is 4.79 Å². The Morgan fingerprint density at radius 2 is 1.28 bits per heavy atom. The van der Waals surface area contributed by atoms with Crippen molar-refractivity contribution in [1.82, 2.24) is 0 Å². The van der Waals surface area contributed by atoms with Crippen LogP contribution in [-0.2, 0) is 0 Å². The molecular weight excluding hydrogens is 310 g/mol.